The molecule has 0 aliphatic carbocycles. The van der Waals surface area contributed by atoms with Crippen LogP contribution in [0.2, 0.25) is 10.0 Å². The van der Waals surface area contributed by atoms with Gasteiger partial charge in [-0.2, -0.15) is 0 Å². The minimum absolute atomic E-state index is 0. The highest BCUT2D eigenvalue weighted by molar-refractivity contribution is 6.35. The molecule has 0 amide bonds. The maximum absolute atomic E-state index is 9.63. The number of aliphatic hydroxyl groups is 1. The van der Waals surface area contributed by atoms with E-state index in [-0.39, 0.29) is 23.2 Å². The van der Waals surface area contributed by atoms with Gasteiger partial charge in [0.15, 0.2) is 0 Å². The van der Waals surface area contributed by atoms with Gasteiger partial charge in [0.2, 0.25) is 0 Å². The minimum Gasteiger partial charge on any atom is -0.507 e. The van der Waals surface area contributed by atoms with Crippen LogP contribution in [0.15, 0.2) is 12.1 Å². The predicted molar refractivity (Wildman–Crippen MR) is 68.6 cm³/mol. The van der Waals surface area contributed by atoms with E-state index >= 15 is 0 Å². The van der Waals surface area contributed by atoms with Gasteiger partial charge in [0.25, 0.3) is 0 Å². The summed E-state index contributed by atoms with van der Waals surface area (Å²) in [6.45, 7) is 1.80. The summed E-state index contributed by atoms with van der Waals surface area (Å²) < 4.78 is 0. The summed E-state index contributed by atoms with van der Waals surface area (Å²) in [6.07, 6.45) is -0.255. The van der Waals surface area contributed by atoms with E-state index in [1.165, 1.54) is 12.1 Å². The Bertz CT molecular complexity index is 337. The number of benzene rings is 1. The predicted octanol–water partition coefficient (Wildman–Crippen LogP) is 2.89. The molecule has 1 aromatic rings. The lowest BCUT2D eigenvalue weighted by Gasteiger charge is -2.20. The molecule has 0 fully saturated rings. The van der Waals surface area contributed by atoms with Gasteiger partial charge in [0.05, 0.1) is 17.2 Å². The second kappa shape index (κ2) is 6.52. The van der Waals surface area contributed by atoms with Crippen LogP contribution < -0.4 is 5.73 Å². The van der Waals surface area contributed by atoms with E-state index in [1.54, 1.807) is 6.92 Å². The van der Waals surface area contributed by atoms with Crippen LogP contribution in [0.25, 0.3) is 0 Å². The van der Waals surface area contributed by atoms with Crippen molar-refractivity contribution < 1.29 is 10.2 Å². The summed E-state index contributed by atoms with van der Waals surface area (Å²) in [5, 5.41) is 19.8. The topological polar surface area (TPSA) is 66.5 Å². The Kier molecular flexibility index (Phi) is 6.44. The van der Waals surface area contributed by atoms with Crippen molar-refractivity contribution in [3.63, 3.8) is 0 Å². The van der Waals surface area contributed by atoms with Gasteiger partial charge in [-0.25, -0.2) is 0 Å². The fourth-order valence-corrected chi connectivity index (χ4v) is 1.96. The highest BCUT2D eigenvalue weighted by atomic mass is 35.5. The van der Waals surface area contributed by atoms with Crippen LogP contribution in [0.4, 0.5) is 0 Å². The second-order valence-corrected chi connectivity index (χ2v) is 4.17. The molecule has 0 saturated heterocycles. The first-order valence-corrected chi connectivity index (χ1v) is 5.34. The van der Waals surface area contributed by atoms with Crippen LogP contribution in [-0.4, -0.2) is 16.3 Å². The molecule has 0 unspecified atom stereocenters. The molecule has 0 aromatic heterocycles. The number of aromatic hydroxyl groups is 1. The maximum Gasteiger partial charge on any atom is 0.123 e. The highest BCUT2D eigenvalue weighted by Gasteiger charge is 2.21. The normalized spacial score (nSPS) is 14.1. The standard InChI is InChI=1S/C10H13Cl2NO2.ClH/c1-2-7(14)10(13)9-6(12)3-5(11)4-8(9)15;/h3-4,7,10,14-15H,2,13H2,1H3;1H/t7-,10-;/m0./s1. The van der Waals surface area contributed by atoms with Crippen molar-refractivity contribution in [2.75, 3.05) is 0 Å². The molecule has 3 nitrogen and oxygen atoms in total. The van der Waals surface area contributed by atoms with Gasteiger partial charge in [0.1, 0.15) is 5.75 Å². The Morgan fingerprint density at radius 1 is 1.38 bits per heavy atom. The third-order valence-electron chi connectivity index (χ3n) is 2.24. The van der Waals surface area contributed by atoms with Crippen molar-refractivity contribution in [3.8, 4) is 5.75 Å². The first kappa shape index (κ1) is 15.8. The molecule has 0 aliphatic heterocycles. The third-order valence-corrected chi connectivity index (χ3v) is 2.77. The van der Waals surface area contributed by atoms with E-state index in [0.717, 1.165) is 0 Å². The molecule has 6 heteroatoms. The molecule has 1 aromatic carbocycles. The molecule has 0 spiro atoms. The number of halogens is 3. The van der Waals surface area contributed by atoms with Crippen molar-refractivity contribution in [1.82, 2.24) is 0 Å². The smallest absolute Gasteiger partial charge is 0.123 e. The van der Waals surface area contributed by atoms with Gasteiger partial charge in [0, 0.05) is 10.6 Å². The molecule has 0 radical (unpaired) electrons. The third kappa shape index (κ3) is 3.40. The zero-order valence-corrected chi connectivity index (χ0v) is 11.0. The first-order chi connectivity index (χ1) is 6.97. The zero-order chi connectivity index (χ0) is 11.6. The van der Waals surface area contributed by atoms with Crippen LogP contribution in [0.5, 0.6) is 5.75 Å². The van der Waals surface area contributed by atoms with Crippen LogP contribution in [0, 0.1) is 0 Å². The second-order valence-electron chi connectivity index (χ2n) is 3.32. The number of aliphatic hydroxyl groups excluding tert-OH is 1. The molecular formula is C10H14Cl3NO2. The number of hydrogen-bond acceptors (Lipinski definition) is 3. The van der Waals surface area contributed by atoms with Gasteiger partial charge in [-0.1, -0.05) is 30.1 Å². The van der Waals surface area contributed by atoms with Gasteiger partial charge in [-0.05, 0) is 18.6 Å². The highest BCUT2D eigenvalue weighted by Crippen LogP contribution is 2.35. The Morgan fingerprint density at radius 3 is 2.38 bits per heavy atom. The zero-order valence-electron chi connectivity index (χ0n) is 8.65. The van der Waals surface area contributed by atoms with Crippen molar-refractivity contribution >= 4 is 35.6 Å². The SMILES string of the molecule is CC[C@H](O)[C@H](N)c1c(O)cc(Cl)cc1Cl.Cl. The van der Waals surface area contributed by atoms with Crippen LogP contribution in [0.1, 0.15) is 24.9 Å². The summed E-state index contributed by atoms with van der Waals surface area (Å²) in [7, 11) is 0. The molecule has 0 saturated carbocycles. The van der Waals surface area contributed by atoms with E-state index < -0.39 is 12.1 Å². The lowest BCUT2D eigenvalue weighted by Crippen LogP contribution is -2.25. The molecule has 4 N–H and O–H groups in total. The summed E-state index contributed by atoms with van der Waals surface area (Å²) in [4.78, 5) is 0. The average molecular weight is 287 g/mol. The molecular weight excluding hydrogens is 272 g/mol. The Labute approximate surface area is 111 Å². The van der Waals surface area contributed by atoms with Gasteiger partial charge < -0.3 is 15.9 Å². The Hall–Kier alpha value is -0.190. The van der Waals surface area contributed by atoms with Gasteiger partial charge in [-0.15, -0.1) is 12.4 Å². The fourth-order valence-electron chi connectivity index (χ4n) is 1.35. The van der Waals surface area contributed by atoms with Crippen LogP contribution in [-0.2, 0) is 0 Å². The van der Waals surface area contributed by atoms with Crippen LogP contribution >= 0.6 is 35.6 Å². The van der Waals surface area contributed by atoms with E-state index in [9.17, 15) is 10.2 Å². The first-order valence-electron chi connectivity index (χ1n) is 4.59. The monoisotopic (exact) mass is 285 g/mol. The quantitative estimate of drug-likeness (QED) is 0.800. The van der Waals surface area contributed by atoms with Crippen molar-refractivity contribution in [2.45, 2.75) is 25.5 Å². The van der Waals surface area contributed by atoms with E-state index in [0.29, 0.717) is 17.0 Å². The summed E-state index contributed by atoms with van der Waals surface area (Å²) in [6, 6.07) is 2.13. The van der Waals surface area contributed by atoms with Gasteiger partial charge in [-0.3, -0.25) is 0 Å². The molecule has 2 atom stereocenters. The lowest BCUT2D eigenvalue weighted by atomic mass is 10.00. The average Bonchev–Trinajstić information content (AvgIpc) is 2.14. The largest absolute Gasteiger partial charge is 0.507 e. The maximum atomic E-state index is 9.63. The lowest BCUT2D eigenvalue weighted by molar-refractivity contribution is 0.139. The Balaban J connectivity index is 0.00000225. The number of rotatable bonds is 3. The minimum atomic E-state index is -0.741. The molecule has 0 heterocycles. The van der Waals surface area contributed by atoms with E-state index in [1.807, 2.05) is 0 Å². The molecule has 0 aliphatic rings. The van der Waals surface area contributed by atoms with E-state index in [4.69, 9.17) is 28.9 Å². The van der Waals surface area contributed by atoms with Crippen molar-refractivity contribution in [3.05, 3.63) is 27.7 Å². The summed E-state index contributed by atoms with van der Waals surface area (Å²) in [5.74, 6) is -0.0903. The number of phenols is 1. The van der Waals surface area contributed by atoms with Crippen molar-refractivity contribution in [1.29, 1.82) is 0 Å². The number of hydrogen-bond donors (Lipinski definition) is 3. The molecule has 92 valence electrons. The summed E-state index contributed by atoms with van der Waals surface area (Å²) in [5.41, 5.74) is 6.09. The molecule has 16 heavy (non-hydrogen) atoms. The Morgan fingerprint density at radius 2 is 1.94 bits per heavy atom. The van der Waals surface area contributed by atoms with E-state index in [2.05, 4.69) is 0 Å². The van der Waals surface area contributed by atoms with Crippen molar-refractivity contribution in [2.24, 2.45) is 5.73 Å². The van der Waals surface area contributed by atoms with Gasteiger partial charge >= 0.3 is 0 Å². The number of nitrogens with two attached hydrogens (primary N) is 1. The fraction of sp³-hybridized carbons (Fsp3) is 0.400. The molecule has 1 rings (SSSR count). The summed E-state index contributed by atoms with van der Waals surface area (Å²) >= 11 is 11.6. The van der Waals surface area contributed by atoms with Crippen LogP contribution in [0.3, 0.4) is 0 Å². The number of phenolic OH excluding ortho intramolecular Hbond substituents is 1. The molecule has 0 bridgehead atoms.